The van der Waals surface area contributed by atoms with Gasteiger partial charge in [0.2, 0.25) is 0 Å². The smallest absolute Gasteiger partial charge is 0.0438 e. The SMILES string of the molecule is CCNC(CC)c1cccc(Cl)c1C. The van der Waals surface area contributed by atoms with Gasteiger partial charge in [0.15, 0.2) is 0 Å². The van der Waals surface area contributed by atoms with Crippen LogP contribution in [0.5, 0.6) is 0 Å². The zero-order chi connectivity index (χ0) is 10.6. The van der Waals surface area contributed by atoms with Crippen LogP contribution < -0.4 is 5.32 Å². The predicted molar refractivity (Wildman–Crippen MR) is 62.9 cm³/mol. The fourth-order valence-corrected chi connectivity index (χ4v) is 1.90. The Labute approximate surface area is 91.5 Å². The third-order valence-electron chi connectivity index (χ3n) is 2.54. The van der Waals surface area contributed by atoms with Crippen molar-refractivity contribution in [2.45, 2.75) is 33.2 Å². The largest absolute Gasteiger partial charge is 0.310 e. The van der Waals surface area contributed by atoms with Crippen LogP contribution in [-0.4, -0.2) is 6.54 Å². The predicted octanol–water partition coefficient (Wildman–Crippen LogP) is 3.71. The quantitative estimate of drug-likeness (QED) is 0.801. The molecule has 0 aromatic heterocycles. The minimum absolute atomic E-state index is 0.429. The van der Waals surface area contributed by atoms with E-state index in [9.17, 15) is 0 Å². The first-order chi connectivity index (χ1) is 6.70. The summed E-state index contributed by atoms with van der Waals surface area (Å²) >= 11 is 6.09. The second-order valence-corrected chi connectivity index (χ2v) is 3.88. The summed E-state index contributed by atoms with van der Waals surface area (Å²) in [5, 5.41) is 4.32. The van der Waals surface area contributed by atoms with Crippen LogP contribution in [0.4, 0.5) is 0 Å². The molecule has 14 heavy (non-hydrogen) atoms. The van der Waals surface area contributed by atoms with Gasteiger partial charge in [0.25, 0.3) is 0 Å². The van der Waals surface area contributed by atoms with Crippen molar-refractivity contribution in [1.82, 2.24) is 5.32 Å². The number of halogens is 1. The normalized spacial score (nSPS) is 12.9. The maximum atomic E-state index is 6.09. The van der Waals surface area contributed by atoms with Crippen molar-refractivity contribution in [2.75, 3.05) is 6.54 Å². The van der Waals surface area contributed by atoms with E-state index in [4.69, 9.17) is 11.6 Å². The van der Waals surface area contributed by atoms with Crippen LogP contribution in [-0.2, 0) is 0 Å². The summed E-state index contributed by atoms with van der Waals surface area (Å²) in [6.45, 7) is 7.39. The molecule has 0 radical (unpaired) electrons. The van der Waals surface area contributed by atoms with Gasteiger partial charge in [-0.05, 0) is 37.1 Å². The zero-order valence-corrected chi connectivity index (χ0v) is 9.86. The van der Waals surface area contributed by atoms with Crippen molar-refractivity contribution < 1.29 is 0 Å². The lowest BCUT2D eigenvalue weighted by atomic mass is 9.99. The minimum atomic E-state index is 0.429. The molecule has 0 amide bonds. The molecule has 1 aromatic rings. The lowest BCUT2D eigenvalue weighted by molar-refractivity contribution is 0.535. The van der Waals surface area contributed by atoms with Crippen LogP contribution in [0, 0.1) is 6.92 Å². The van der Waals surface area contributed by atoms with Gasteiger partial charge < -0.3 is 5.32 Å². The lowest BCUT2D eigenvalue weighted by Gasteiger charge is -2.19. The molecule has 0 heterocycles. The van der Waals surface area contributed by atoms with E-state index in [2.05, 4.69) is 32.2 Å². The molecule has 1 N–H and O–H groups in total. The Balaban J connectivity index is 2.97. The summed E-state index contributed by atoms with van der Waals surface area (Å²) in [4.78, 5) is 0. The van der Waals surface area contributed by atoms with Gasteiger partial charge in [0.05, 0.1) is 0 Å². The van der Waals surface area contributed by atoms with Crippen LogP contribution in [0.25, 0.3) is 0 Å². The van der Waals surface area contributed by atoms with Crippen LogP contribution in [0.1, 0.15) is 37.4 Å². The van der Waals surface area contributed by atoms with E-state index in [1.165, 1.54) is 11.1 Å². The summed E-state index contributed by atoms with van der Waals surface area (Å²) < 4.78 is 0. The molecule has 0 spiro atoms. The highest BCUT2D eigenvalue weighted by Gasteiger charge is 2.11. The molecule has 0 saturated heterocycles. The first-order valence-electron chi connectivity index (χ1n) is 5.19. The molecule has 0 bridgehead atoms. The third kappa shape index (κ3) is 2.49. The molecule has 0 aliphatic rings. The van der Waals surface area contributed by atoms with Gasteiger partial charge in [-0.1, -0.05) is 37.6 Å². The van der Waals surface area contributed by atoms with E-state index in [0.29, 0.717) is 6.04 Å². The molecule has 0 fully saturated rings. The molecule has 1 aromatic carbocycles. The molecule has 78 valence electrons. The first kappa shape index (κ1) is 11.5. The average Bonchev–Trinajstić information content (AvgIpc) is 2.19. The van der Waals surface area contributed by atoms with Crippen molar-refractivity contribution in [3.05, 3.63) is 34.3 Å². The highest BCUT2D eigenvalue weighted by Crippen LogP contribution is 2.25. The molecule has 1 nitrogen and oxygen atoms in total. The Morgan fingerprint density at radius 1 is 1.36 bits per heavy atom. The second-order valence-electron chi connectivity index (χ2n) is 3.47. The summed E-state index contributed by atoms with van der Waals surface area (Å²) in [6, 6.07) is 6.54. The molecule has 0 saturated carbocycles. The van der Waals surface area contributed by atoms with E-state index in [0.717, 1.165) is 18.0 Å². The highest BCUT2D eigenvalue weighted by molar-refractivity contribution is 6.31. The van der Waals surface area contributed by atoms with Gasteiger partial charge in [-0.2, -0.15) is 0 Å². The topological polar surface area (TPSA) is 12.0 Å². The Bertz CT molecular complexity index is 296. The fraction of sp³-hybridized carbons (Fsp3) is 0.500. The maximum absolute atomic E-state index is 6.09. The molecule has 2 heteroatoms. The Kier molecular flexibility index (Phi) is 4.43. The second kappa shape index (κ2) is 5.38. The van der Waals surface area contributed by atoms with E-state index in [1.54, 1.807) is 0 Å². The van der Waals surface area contributed by atoms with Gasteiger partial charge >= 0.3 is 0 Å². The number of rotatable bonds is 4. The van der Waals surface area contributed by atoms with Crippen LogP contribution in [0.15, 0.2) is 18.2 Å². The monoisotopic (exact) mass is 211 g/mol. The van der Waals surface area contributed by atoms with E-state index in [1.807, 2.05) is 12.1 Å². The number of benzene rings is 1. The van der Waals surface area contributed by atoms with Crippen molar-refractivity contribution in [3.8, 4) is 0 Å². The summed E-state index contributed by atoms with van der Waals surface area (Å²) in [5.74, 6) is 0. The molecule has 1 unspecified atom stereocenters. The Hall–Kier alpha value is -0.530. The van der Waals surface area contributed by atoms with Gasteiger partial charge in [-0.15, -0.1) is 0 Å². The standard InChI is InChI=1S/C12H18ClN/c1-4-12(14-5-2)10-7-6-8-11(13)9(10)3/h6-8,12,14H,4-5H2,1-3H3. The van der Waals surface area contributed by atoms with Crippen molar-refractivity contribution in [1.29, 1.82) is 0 Å². The molecule has 1 rings (SSSR count). The molecular formula is C12H18ClN. The van der Waals surface area contributed by atoms with Gasteiger partial charge in [0, 0.05) is 11.1 Å². The van der Waals surface area contributed by atoms with Crippen molar-refractivity contribution >= 4 is 11.6 Å². The average molecular weight is 212 g/mol. The number of nitrogens with one attached hydrogen (secondary N) is 1. The highest BCUT2D eigenvalue weighted by atomic mass is 35.5. The minimum Gasteiger partial charge on any atom is -0.310 e. The molecule has 0 aliphatic carbocycles. The fourth-order valence-electron chi connectivity index (χ4n) is 1.72. The van der Waals surface area contributed by atoms with Crippen LogP contribution in [0.3, 0.4) is 0 Å². The van der Waals surface area contributed by atoms with E-state index in [-0.39, 0.29) is 0 Å². The Morgan fingerprint density at radius 3 is 2.64 bits per heavy atom. The maximum Gasteiger partial charge on any atom is 0.0438 e. The van der Waals surface area contributed by atoms with Gasteiger partial charge in [-0.3, -0.25) is 0 Å². The van der Waals surface area contributed by atoms with E-state index < -0.39 is 0 Å². The molecule has 0 aliphatic heterocycles. The van der Waals surface area contributed by atoms with Crippen LogP contribution >= 0.6 is 11.6 Å². The molecule has 1 atom stereocenters. The summed E-state index contributed by atoms with van der Waals surface area (Å²) in [6.07, 6.45) is 1.09. The summed E-state index contributed by atoms with van der Waals surface area (Å²) in [7, 11) is 0. The number of hydrogen-bond acceptors (Lipinski definition) is 1. The summed E-state index contributed by atoms with van der Waals surface area (Å²) in [5.41, 5.74) is 2.52. The van der Waals surface area contributed by atoms with E-state index >= 15 is 0 Å². The van der Waals surface area contributed by atoms with Crippen molar-refractivity contribution in [3.63, 3.8) is 0 Å². The van der Waals surface area contributed by atoms with Gasteiger partial charge in [0.1, 0.15) is 0 Å². The van der Waals surface area contributed by atoms with Crippen molar-refractivity contribution in [2.24, 2.45) is 0 Å². The first-order valence-corrected chi connectivity index (χ1v) is 5.56. The van der Waals surface area contributed by atoms with Gasteiger partial charge in [-0.25, -0.2) is 0 Å². The zero-order valence-electron chi connectivity index (χ0n) is 9.10. The van der Waals surface area contributed by atoms with Crippen LogP contribution in [0.2, 0.25) is 5.02 Å². The molecular weight excluding hydrogens is 194 g/mol. The number of hydrogen-bond donors (Lipinski definition) is 1. The Morgan fingerprint density at radius 2 is 2.07 bits per heavy atom. The lowest BCUT2D eigenvalue weighted by Crippen LogP contribution is -2.20. The third-order valence-corrected chi connectivity index (χ3v) is 2.95.